The predicted octanol–water partition coefficient (Wildman–Crippen LogP) is 2.98. The number of rotatable bonds is 8. The van der Waals surface area contributed by atoms with Crippen LogP contribution < -0.4 is 0 Å². The summed E-state index contributed by atoms with van der Waals surface area (Å²) in [5, 5.41) is 9.72. The highest BCUT2D eigenvalue weighted by Gasteiger charge is 2.19. The fourth-order valence-corrected chi connectivity index (χ4v) is 1.65. The van der Waals surface area contributed by atoms with Crippen LogP contribution in [0.2, 0.25) is 0 Å². The number of unbranched alkanes of at least 4 members (excludes halogenated alkanes) is 4. The first kappa shape index (κ1) is 16.0. The summed E-state index contributed by atoms with van der Waals surface area (Å²) < 4.78 is 4.52. The summed E-state index contributed by atoms with van der Waals surface area (Å²) in [5.74, 6) is -0.608. The molecule has 0 aliphatic rings. The summed E-state index contributed by atoms with van der Waals surface area (Å²) in [6.45, 7) is 3.99. The van der Waals surface area contributed by atoms with Crippen LogP contribution >= 0.6 is 0 Å². The van der Waals surface area contributed by atoms with E-state index in [4.69, 9.17) is 0 Å². The van der Waals surface area contributed by atoms with E-state index in [1.165, 1.54) is 26.4 Å². The molecule has 0 aromatic carbocycles. The van der Waals surface area contributed by atoms with Crippen LogP contribution in [0, 0.1) is 0 Å². The molecule has 0 saturated carbocycles. The molecule has 0 aliphatic carbocycles. The van der Waals surface area contributed by atoms with E-state index in [0.717, 1.165) is 12.8 Å². The Kier molecular flexibility index (Phi) is 9.50. The van der Waals surface area contributed by atoms with Gasteiger partial charge in [-0.2, -0.15) is 0 Å². The Balaban J connectivity index is 4.18. The second-order valence-electron chi connectivity index (χ2n) is 4.05. The number of carbonyl (C=O) groups excluding carboxylic acids is 1. The van der Waals surface area contributed by atoms with Crippen molar-refractivity contribution in [2.75, 3.05) is 7.11 Å². The molecule has 0 bridgehead atoms. The van der Waals surface area contributed by atoms with Crippen molar-refractivity contribution in [2.45, 2.75) is 58.5 Å². The molecule has 0 saturated heterocycles. The van der Waals surface area contributed by atoms with Crippen molar-refractivity contribution in [3.8, 4) is 0 Å². The van der Waals surface area contributed by atoms with Gasteiger partial charge in [0.2, 0.25) is 0 Å². The normalized spacial score (nSPS) is 11.5. The summed E-state index contributed by atoms with van der Waals surface area (Å²) in [7, 11) is 1.28. The second-order valence-corrected chi connectivity index (χ2v) is 4.05. The third-order valence-electron chi connectivity index (χ3n) is 2.63. The van der Waals surface area contributed by atoms with Gasteiger partial charge in [0, 0.05) is 5.57 Å². The molecule has 0 unspecified atom stereocenters. The van der Waals surface area contributed by atoms with Gasteiger partial charge in [-0.05, 0) is 25.8 Å². The SMILES string of the molecule is CC=C=C(CCCCCCC)[C@H](O)C(=O)OC. The summed E-state index contributed by atoms with van der Waals surface area (Å²) in [6, 6.07) is 0. The second kappa shape index (κ2) is 10.1. The van der Waals surface area contributed by atoms with E-state index in [0.29, 0.717) is 12.0 Å². The number of methoxy groups -OCH3 is 1. The van der Waals surface area contributed by atoms with Crippen molar-refractivity contribution in [3.05, 3.63) is 17.4 Å². The molecule has 3 nitrogen and oxygen atoms in total. The first-order valence-corrected chi connectivity index (χ1v) is 6.33. The highest BCUT2D eigenvalue weighted by molar-refractivity contribution is 5.77. The fraction of sp³-hybridized carbons (Fsp3) is 0.714. The largest absolute Gasteiger partial charge is 0.467 e. The van der Waals surface area contributed by atoms with Crippen LogP contribution in [0.25, 0.3) is 0 Å². The number of esters is 1. The van der Waals surface area contributed by atoms with Crippen LogP contribution in [0.3, 0.4) is 0 Å². The quantitative estimate of drug-likeness (QED) is 0.403. The van der Waals surface area contributed by atoms with Gasteiger partial charge >= 0.3 is 5.97 Å². The van der Waals surface area contributed by atoms with Gasteiger partial charge in [0.25, 0.3) is 0 Å². The minimum atomic E-state index is -1.16. The lowest BCUT2D eigenvalue weighted by Crippen LogP contribution is -2.23. The van der Waals surface area contributed by atoms with Gasteiger partial charge in [-0.15, -0.1) is 5.73 Å². The molecule has 17 heavy (non-hydrogen) atoms. The average Bonchev–Trinajstić information content (AvgIpc) is 2.35. The maximum atomic E-state index is 11.2. The van der Waals surface area contributed by atoms with E-state index < -0.39 is 12.1 Å². The number of carbonyl (C=O) groups is 1. The maximum Gasteiger partial charge on any atom is 0.339 e. The molecule has 0 aromatic heterocycles. The molecule has 0 aliphatic heterocycles. The highest BCUT2D eigenvalue weighted by Crippen LogP contribution is 2.14. The Labute approximate surface area is 104 Å². The van der Waals surface area contributed by atoms with Crippen LogP contribution in [-0.4, -0.2) is 24.3 Å². The van der Waals surface area contributed by atoms with Gasteiger partial charge in [0.1, 0.15) is 0 Å². The molecule has 0 rings (SSSR count). The maximum absolute atomic E-state index is 11.2. The van der Waals surface area contributed by atoms with E-state index in [-0.39, 0.29) is 0 Å². The third kappa shape index (κ3) is 6.98. The Hall–Kier alpha value is -1.05. The molecule has 0 spiro atoms. The Morgan fingerprint density at radius 2 is 2.00 bits per heavy atom. The summed E-state index contributed by atoms with van der Waals surface area (Å²) in [4.78, 5) is 11.2. The third-order valence-corrected chi connectivity index (χ3v) is 2.63. The molecule has 98 valence electrons. The Morgan fingerprint density at radius 3 is 2.53 bits per heavy atom. The predicted molar refractivity (Wildman–Crippen MR) is 68.7 cm³/mol. The summed E-state index contributed by atoms with van der Waals surface area (Å²) in [5.41, 5.74) is 3.55. The van der Waals surface area contributed by atoms with Gasteiger partial charge in [-0.25, -0.2) is 4.79 Å². The van der Waals surface area contributed by atoms with Gasteiger partial charge < -0.3 is 9.84 Å². The van der Waals surface area contributed by atoms with Gasteiger partial charge in [0.15, 0.2) is 6.10 Å². The van der Waals surface area contributed by atoms with E-state index in [9.17, 15) is 9.90 Å². The van der Waals surface area contributed by atoms with E-state index in [1.54, 1.807) is 6.08 Å². The average molecular weight is 240 g/mol. The highest BCUT2D eigenvalue weighted by atomic mass is 16.5. The molecule has 1 atom stereocenters. The molecule has 0 aromatic rings. The first-order chi connectivity index (χ1) is 8.17. The molecule has 1 N–H and O–H groups in total. The summed E-state index contributed by atoms with van der Waals surface area (Å²) in [6.07, 6.45) is 7.00. The Bertz CT molecular complexity index is 275. The number of aliphatic hydroxyl groups excluding tert-OH is 1. The first-order valence-electron chi connectivity index (χ1n) is 6.33. The lowest BCUT2D eigenvalue weighted by Gasteiger charge is -2.10. The topological polar surface area (TPSA) is 46.5 Å². The summed E-state index contributed by atoms with van der Waals surface area (Å²) >= 11 is 0. The lowest BCUT2D eigenvalue weighted by molar-refractivity contribution is -0.148. The monoisotopic (exact) mass is 240 g/mol. The van der Waals surface area contributed by atoms with Crippen molar-refractivity contribution >= 4 is 5.97 Å². The van der Waals surface area contributed by atoms with Crippen molar-refractivity contribution in [1.82, 2.24) is 0 Å². The van der Waals surface area contributed by atoms with Gasteiger partial charge in [-0.1, -0.05) is 32.6 Å². The smallest absolute Gasteiger partial charge is 0.339 e. The van der Waals surface area contributed by atoms with Crippen LogP contribution in [0.15, 0.2) is 17.4 Å². The van der Waals surface area contributed by atoms with Crippen LogP contribution in [0.5, 0.6) is 0 Å². The molecule has 0 amide bonds. The zero-order valence-corrected chi connectivity index (χ0v) is 11.2. The van der Waals surface area contributed by atoms with Gasteiger partial charge in [0.05, 0.1) is 7.11 Å². The molecule has 0 heterocycles. The fourth-order valence-electron chi connectivity index (χ4n) is 1.65. The van der Waals surface area contributed by atoms with Crippen LogP contribution in [0.1, 0.15) is 52.4 Å². The number of aliphatic hydroxyl groups is 1. The molecule has 3 heteroatoms. The standard InChI is InChI=1S/C14H24O3/c1-4-6-7-8-9-11-12(10-5-2)13(15)14(16)17-3/h5,13,15H,4,6-9,11H2,1-3H3/t10?,13-/m0/s1. The number of hydrogen-bond acceptors (Lipinski definition) is 3. The van der Waals surface area contributed by atoms with Crippen molar-refractivity contribution in [1.29, 1.82) is 0 Å². The minimum Gasteiger partial charge on any atom is -0.467 e. The van der Waals surface area contributed by atoms with E-state index in [1.807, 2.05) is 6.92 Å². The molecular formula is C14H24O3. The van der Waals surface area contributed by atoms with Crippen LogP contribution in [-0.2, 0) is 9.53 Å². The minimum absolute atomic E-state index is 0.608. The molecule has 0 radical (unpaired) electrons. The van der Waals surface area contributed by atoms with Crippen LogP contribution in [0.4, 0.5) is 0 Å². The van der Waals surface area contributed by atoms with Crippen molar-refractivity contribution in [3.63, 3.8) is 0 Å². The number of hydrogen-bond donors (Lipinski definition) is 1. The molecular weight excluding hydrogens is 216 g/mol. The zero-order valence-electron chi connectivity index (χ0n) is 11.2. The zero-order chi connectivity index (χ0) is 13.1. The van der Waals surface area contributed by atoms with Crippen molar-refractivity contribution < 1.29 is 14.6 Å². The number of ether oxygens (including phenoxy) is 1. The van der Waals surface area contributed by atoms with Gasteiger partial charge in [-0.3, -0.25) is 0 Å². The Morgan fingerprint density at radius 1 is 1.35 bits per heavy atom. The molecule has 0 fully saturated rings. The van der Waals surface area contributed by atoms with Crippen molar-refractivity contribution in [2.24, 2.45) is 0 Å². The van der Waals surface area contributed by atoms with E-state index >= 15 is 0 Å². The lowest BCUT2D eigenvalue weighted by atomic mass is 10.0. The van der Waals surface area contributed by atoms with E-state index in [2.05, 4.69) is 17.4 Å².